The predicted molar refractivity (Wildman–Crippen MR) is 55.8 cm³/mol. The Morgan fingerprint density at radius 2 is 2.20 bits per heavy atom. The number of carbonyl (C=O) groups excluding carboxylic acids is 1. The van der Waals surface area contributed by atoms with E-state index in [-0.39, 0.29) is 24.5 Å². The summed E-state index contributed by atoms with van der Waals surface area (Å²) in [5, 5.41) is 20.8. The second-order valence-electron chi connectivity index (χ2n) is 4.55. The van der Waals surface area contributed by atoms with E-state index in [1.807, 2.05) is 13.8 Å². The summed E-state index contributed by atoms with van der Waals surface area (Å²) in [5.41, 5.74) is -0.817. The zero-order valence-corrected chi connectivity index (χ0v) is 9.29. The zero-order valence-electron chi connectivity index (χ0n) is 9.29. The average molecular weight is 210 g/mol. The standard InChI is InChI=1S/C11H18N2O2/c1-8(2)9(6-14)13-10(15)11(7-12)4-3-5-11/h8-9,14H,3-6H2,1-2H3,(H,13,15)/t9-/m1/s1. The van der Waals surface area contributed by atoms with Crippen LogP contribution in [-0.4, -0.2) is 23.7 Å². The molecule has 0 spiro atoms. The van der Waals surface area contributed by atoms with Gasteiger partial charge in [0.2, 0.25) is 5.91 Å². The van der Waals surface area contributed by atoms with Crippen molar-refractivity contribution in [2.24, 2.45) is 11.3 Å². The molecule has 0 aromatic carbocycles. The highest BCUT2D eigenvalue weighted by atomic mass is 16.3. The van der Waals surface area contributed by atoms with Crippen molar-refractivity contribution in [2.45, 2.75) is 39.2 Å². The molecule has 1 rings (SSSR count). The molecule has 0 aromatic heterocycles. The SMILES string of the molecule is CC(C)[C@@H](CO)NC(=O)C1(C#N)CCC1. The van der Waals surface area contributed by atoms with E-state index < -0.39 is 5.41 Å². The fourth-order valence-electron chi connectivity index (χ4n) is 1.65. The van der Waals surface area contributed by atoms with Crippen molar-refractivity contribution >= 4 is 5.91 Å². The van der Waals surface area contributed by atoms with Gasteiger partial charge in [-0.05, 0) is 25.2 Å². The van der Waals surface area contributed by atoms with Gasteiger partial charge in [0, 0.05) is 0 Å². The zero-order chi connectivity index (χ0) is 11.5. The van der Waals surface area contributed by atoms with Crippen LogP contribution in [0.25, 0.3) is 0 Å². The molecule has 1 atom stereocenters. The Labute approximate surface area is 90.3 Å². The minimum atomic E-state index is -0.817. The maximum Gasteiger partial charge on any atom is 0.240 e. The van der Waals surface area contributed by atoms with Gasteiger partial charge in [-0.25, -0.2) is 0 Å². The van der Waals surface area contributed by atoms with Crippen molar-refractivity contribution in [2.75, 3.05) is 6.61 Å². The van der Waals surface area contributed by atoms with Gasteiger partial charge in [-0.1, -0.05) is 13.8 Å². The highest BCUT2D eigenvalue weighted by molar-refractivity contribution is 5.86. The number of nitrogens with zero attached hydrogens (tertiary/aromatic N) is 1. The lowest BCUT2D eigenvalue weighted by Crippen LogP contribution is -2.51. The molecule has 84 valence electrons. The van der Waals surface area contributed by atoms with Gasteiger partial charge in [0.1, 0.15) is 5.41 Å². The van der Waals surface area contributed by atoms with Crippen LogP contribution in [-0.2, 0) is 4.79 Å². The lowest BCUT2D eigenvalue weighted by atomic mass is 9.69. The number of nitriles is 1. The van der Waals surface area contributed by atoms with Gasteiger partial charge < -0.3 is 10.4 Å². The third-order valence-electron chi connectivity index (χ3n) is 3.17. The first-order valence-corrected chi connectivity index (χ1v) is 5.39. The number of hydrogen-bond donors (Lipinski definition) is 2. The first-order chi connectivity index (χ1) is 7.05. The smallest absolute Gasteiger partial charge is 0.240 e. The molecule has 0 aliphatic heterocycles. The average Bonchev–Trinajstić information content (AvgIpc) is 2.12. The predicted octanol–water partition coefficient (Wildman–Crippen LogP) is 0.813. The van der Waals surface area contributed by atoms with E-state index in [4.69, 9.17) is 10.4 Å². The van der Waals surface area contributed by atoms with E-state index in [2.05, 4.69) is 11.4 Å². The molecule has 1 amide bonds. The molecular formula is C11H18N2O2. The monoisotopic (exact) mass is 210 g/mol. The number of rotatable bonds is 4. The molecule has 4 heteroatoms. The molecule has 0 heterocycles. The molecule has 1 saturated carbocycles. The van der Waals surface area contributed by atoms with Crippen LogP contribution in [0, 0.1) is 22.7 Å². The van der Waals surface area contributed by atoms with E-state index in [1.165, 1.54) is 0 Å². The van der Waals surface area contributed by atoms with E-state index in [0.717, 1.165) is 6.42 Å². The summed E-state index contributed by atoms with van der Waals surface area (Å²) in [7, 11) is 0. The molecule has 0 bridgehead atoms. The molecule has 15 heavy (non-hydrogen) atoms. The molecule has 1 fully saturated rings. The molecule has 0 saturated heterocycles. The van der Waals surface area contributed by atoms with Crippen molar-refractivity contribution < 1.29 is 9.90 Å². The van der Waals surface area contributed by atoms with E-state index in [0.29, 0.717) is 12.8 Å². The Hall–Kier alpha value is -1.08. The van der Waals surface area contributed by atoms with Crippen LogP contribution in [0.2, 0.25) is 0 Å². The molecule has 4 nitrogen and oxygen atoms in total. The van der Waals surface area contributed by atoms with E-state index in [1.54, 1.807) is 0 Å². The maximum absolute atomic E-state index is 11.8. The van der Waals surface area contributed by atoms with Crippen molar-refractivity contribution in [1.82, 2.24) is 5.32 Å². The van der Waals surface area contributed by atoms with Gasteiger partial charge in [0.25, 0.3) is 0 Å². The molecule has 0 radical (unpaired) electrons. The summed E-state index contributed by atoms with van der Waals surface area (Å²) >= 11 is 0. The fraction of sp³-hybridized carbons (Fsp3) is 0.818. The topological polar surface area (TPSA) is 73.1 Å². The number of hydrogen-bond acceptors (Lipinski definition) is 3. The van der Waals surface area contributed by atoms with Crippen LogP contribution >= 0.6 is 0 Å². The van der Waals surface area contributed by atoms with Gasteiger partial charge in [0.15, 0.2) is 0 Å². The normalized spacial score (nSPS) is 20.2. The quantitative estimate of drug-likeness (QED) is 0.721. The number of nitrogens with one attached hydrogen (secondary N) is 1. The molecule has 1 aliphatic rings. The van der Waals surface area contributed by atoms with Crippen LogP contribution < -0.4 is 5.32 Å². The largest absolute Gasteiger partial charge is 0.394 e. The Morgan fingerprint density at radius 3 is 2.47 bits per heavy atom. The molecule has 0 unspecified atom stereocenters. The van der Waals surface area contributed by atoms with E-state index >= 15 is 0 Å². The lowest BCUT2D eigenvalue weighted by Gasteiger charge is -2.35. The van der Waals surface area contributed by atoms with Crippen LogP contribution in [0.5, 0.6) is 0 Å². The van der Waals surface area contributed by atoms with Gasteiger partial charge in [-0.15, -0.1) is 0 Å². The summed E-state index contributed by atoms with van der Waals surface area (Å²) in [6, 6.07) is 1.84. The highest BCUT2D eigenvalue weighted by Crippen LogP contribution is 2.40. The third kappa shape index (κ3) is 2.29. The second-order valence-corrected chi connectivity index (χ2v) is 4.55. The Kier molecular flexibility index (Phi) is 3.70. The first-order valence-electron chi connectivity index (χ1n) is 5.39. The number of carbonyl (C=O) groups is 1. The van der Waals surface area contributed by atoms with Crippen molar-refractivity contribution in [1.29, 1.82) is 5.26 Å². The third-order valence-corrected chi connectivity index (χ3v) is 3.17. The summed E-state index contributed by atoms with van der Waals surface area (Å²) < 4.78 is 0. The summed E-state index contributed by atoms with van der Waals surface area (Å²) in [4.78, 5) is 11.8. The van der Waals surface area contributed by atoms with Crippen molar-refractivity contribution in [3.8, 4) is 6.07 Å². The van der Waals surface area contributed by atoms with Crippen LogP contribution in [0.4, 0.5) is 0 Å². The lowest BCUT2D eigenvalue weighted by molar-refractivity contribution is -0.133. The highest BCUT2D eigenvalue weighted by Gasteiger charge is 2.45. The van der Waals surface area contributed by atoms with Gasteiger partial charge >= 0.3 is 0 Å². The van der Waals surface area contributed by atoms with Gasteiger partial charge in [-0.3, -0.25) is 4.79 Å². The fourth-order valence-corrected chi connectivity index (χ4v) is 1.65. The van der Waals surface area contributed by atoms with Crippen LogP contribution in [0.1, 0.15) is 33.1 Å². The van der Waals surface area contributed by atoms with Gasteiger partial charge in [-0.2, -0.15) is 5.26 Å². The summed E-state index contributed by atoms with van der Waals surface area (Å²) in [5.74, 6) is -0.0428. The van der Waals surface area contributed by atoms with Crippen LogP contribution in [0.3, 0.4) is 0 Å². The molecule has 1 aliphatic carbocycles. The summed E-state index contributed by atoms with van der Waals surface area (Å²) in [6.45, 7) is 3.78. The minimum absolute atomic E-state index is 0.0785. The van der Waals surface area contributed by atoms with Crippen molar-refractivity contribution in [3.05, 3.63) is 0 Å². The molecular weight excluding hydrogens is 192 g/mol. The molecule has 2 N–H and O–H groups in total. The number of aliphatic hydroxyl groups is 1. The Bertz CT molecular complexity index is 277. The maximum atomic E-state index is 11.8. The van der Waals surface area contributed by atoms with Crippen molar-refractivity contribution in [3.63, 3.8) is 0 Å². The summed E-state index contributed by atoms with van der Waals surface area (Å²) in [6.07, 6.45) is 2.23. The Balaban J connectivity index is 2.58. The van der Waals surface area contributed by atoms with Crippen LogP contribution in [0.15, 0.2) is 0 Å². The molecule has 0 aromatic rings. The second kappa shape index (κ2) is 4.63. The minimum Gasteiger partial charge on any atom is -0.394 e. The van der Waals surface area contributed by atoms with Gasteiger partial charge in [0.05, 0.1) is 18.7 Å². The number of aliphatic hydroxyl groups excluding tert-OH is 1. The Morgan fingerprint density at radius 1 is 1.60 bits per heavy atom. The number of amides is 1. The first kappa shape index (κ1) is 12.0. The van der Waals surface area contributed by atoms with E-state index in [9.17, 15) is 4.79 Å².